The van der Waals surface area contributed by atoms with Crippen molar-refractivity contribution in [3.8, 4) is 0 Å². The van der Waals surface area contributed by atoms with Gasteiger partial charge in [-0.3, -0.25) is 14.4 Å². The number of unbranched alkanes of at least 4 members (excludes halogenated alkanes) is 23. The van der Waals surface area contributed by atoms with Gasteiger partial charge < -0.3 is 14.2 Å². The Morgan fingerprint density at radius 1 is 0.404 bits per heavy atom. The largest absolute Gasteiger partial charge is 0.462 e. The van der Waals surface area contributed by atoms with Crippen LogP contribution in [0.25, 0.3) is 0 Å². The lowest BCUT2D eigenvalue weighted by atomic mass is 10.0. The summed E-state index contributed by atoms with van der Waals surface area (Å²) in [6, 6.07) is 0. The second-order valence-electron chi connectivity index (χ2n) is 14.4. The molecule has 1 atom stereocenters. The summed E-state index contributed by atoms with van der Waals surface area (Å²) in [5.41, 5.74) is 0. The lowest BCUT2D eigenvalue weighted by molar-refractivity contribution is -0.167. The van der Waals surface area contributed by atoms with Crippen molar-refractivity contribution in [2.75, 3.05) is 13.2 Å². The van der Waals surface area contributed by atoms with Gasteiger partial charge in [0.2, 0.25) is 0 Å². The Hall–Kier alpha value is -1.59. The minimum absolute atomic E-state index is 0.0661. The molecule has 0 aliphatic carbocycles. The summed E-state index contributed by atoms with van der Waals surface area (Å²) in [7, 11) is 0. The van der Waals surface area contributed by atoms with Crippen molar-refractivity contribution in [2.45, 2.75) is 226 Å². The molecule has 0 bridgehead atoms. The van der Waals surface area contributed by atoms with Crippen molar-refractivity contribution in [1.29, 1.82) is 0 Å². The van der Waals surface area contributed by atoms with E-state index in [0.29, 0.717) is 19.3 Å². The van der Waals surface area contributed by atoms with E-state index in [9.17, 15) is 14.4 Å². The molecule has 0 saturated heterocycles. The van der Waals surface area contributed by atoms with Gasteiger partial charge in [-0.05, 0) is 25.2 Å². The fraction of sp³-hybridized carbons (Fsp3) is 0.927. The second kappa shape index (κ2) is 35.7. The van der Waals surface area contributed by atoms with Gasteiger partial charge in [0.15, 0.2) is 6.10 Å². The van der Waals surface area contributed by atoms with E-state index < -0.39 is 6.10 Å². The first kappa shape index (κ1) is 45.4. The molecule has 0 heterocycles. The Balaban J connectivity index is 4.22. The third kappa shape index (κ3) is 35.5. The molecule has 0 aliphatic heterocycles. The number of carbonyl (C=O) groups is 3. The van der Waals surface area contributed by atoms with Crippen molar-refractivity contribution in [2.24, 2.45) is 5.92 Å². The smallest absolute Gasteiger partial charge is 0.306 e. The molecule has 0 aliphatic rings. The van der Waals surface area contributed by atoms with Gasteiger partial charge in [-0.1, -0.05) is 182 Å². The predicted molar refractivity (Wildman–Crippen MR) is 196 cm³/mol. The maximum atomic E-state index is 12.6. The molecule has 0 amide bonds. The van der Waals surface area contributed by atoms with Crippen molar-refractivity contribution >= 4 is 17.9 Å². The molecule has 0 rings (SSSR count). The molecule has 0 radical (unpaired) electrons. The zero-order valence-electron chi connectivity index (χ0n) is 31.7. The van der Waals surface area contributed by atoms with E-state index in [0.717, 1.165) is 70.1 Å². The summed E-state index contributed by atoms with van der Waals surface area (Å²) in [5.74, 6) is -0.0998. The molecule has 0 N–H and O–H groups in total. The molecule has 6 heteroatoms. The summed E-state index contributed by atoms with van der Waals surface area (Å²) < 4.78 is 16.5. The fourth-order valence-electron chi connectivity index (χ4n) is 5.92. The molecule has 6 nitrogen and oxygen atoms in total. The van der Waals surface area contributed by atoms with Gasteiger partial charge in [0.1, 0.15) is 13.2 Å². The predicted octanol–water partition coefficient (Wildman–Crippen LogP) is 12.4. The first-order valence-electron chi connectivity index (χ1n) is 20.4. The highest BCUT2D eigenvalue weighted by atomic mass is 16.6. The maximum absolute atomic E-state index is 12.6. The van der Waals surface area contributed by atoms with Gasteiger partial charge in [0.25, 0.3) is 0 Å². The van der Waals surface area contributed by atoms with Crippen LogP contribution in [0.1, 0.15) is 220 Å². The lowest BCUT2D eigenvalue weighted by Crippen LogP contribution is -2.30. The van der Waals surface area contributed by atoms with Crippen molar-refractivity contribution in [3.05, 3.63) is 0 Å². The Morgan fingerprint density at radius 3 is 1.04 bits per heavy atom. The first-order valence-corrected chi connectivity index (χ1v) is 20.4. The minimum atomic E-state index is -0.757. The normalized spacial score (nSPS) is 11.9. The Morgan fingerprint density at radius 2 is 0.702 bits per heavy atom. The highest BCUT2D eigenvalue weighted by molar-refractivity contribution is 5.71. The van der Waals surface area contributed by atoms with Crippen LogP contribution in [0.3, 0.4) is 0 Å². The highest BCUT2D eigenvalue weighted by Crippen LogP contribution is 2.15. The molecule has 0 unspecified atom stereocenters. The number of ether oxygens (including phenoxy) is 3. The van der Waals surface area contributed by atoms with E-state index in [1.165, 1.54) is 109 Å². The zero-order valence-corrected chi connectivity index (χ0v) is 31.7. The van der Waals surface area contributed by atoms with Crippen LogP contribution in [-0.4, -0.2) is 37.2 Å². The molecule has 0 spiro atoms. The molecule has 0 fully saturated rings. The molecule has 0 aromatic rings. The van der Waals surface area contributed by atoms with Gasteiger partial charge >= 0.3 is 17.9 Å². The third-order valence-corrected chi connectivity index (χ3v) is 9.04. The first-order chi connectivity index (χ1) is 22.9. The van der Waals surface area contributed by atoms with Crippen LogP contribution in [0.2, 0.25) is 0 Å². The van der Waals surface area contributed by atoms with Crippen LogP contribution in [0.5, 0.6) is 0 Å². The lowest BCUT2D eigenvalue weighted by Gasteiger charge is -2.18. The van der Waals surface area contributed by atoms with E-state index in [4.69, 9.17) is 14.2 Å². The van der Waals surface area contributed by atoms with E-state index in [1.807, 2.05) is 0 Å². The SMILES string of the molecule is CCCCCCCCCCCCCCCCC(=O)OC[C@@H](COC(=O)CCCCCCC)OC(=O)CCCCCCCCCC(C)C. The van der Waals surface area contributed by atoms with Gasteiger partial charge in [0, 0.05) is 19.3 Å². The second-order valence-corrected chi connectivity index (χ2v) is 14.4. The summed E-state index contributed by atoms with van der Waals surface area (Å²) in [5, 5.41) is 0. The van der Waals surface area contributed by atoms with Gasteiger partial charge in [-0.2, -0.15) is 0 Å². The molecule has 278 valence electrons. The third-order valence-electron chi connectivity index (χ3n) is 9.04. The molecule has 0 saturated carbocycles. The standard InChI is InChI=1S/C41H78O6/c1-5-7-9-11-12-13-14-15-16-17-18-21-25-29-33-40(43)46-36-38(35-45-39(42)32-28-23-10-8-6-2)47-41(44)34-30-26-22-19-20-24-27-31-37(3)4/h37-38H,5-36H2,1-4H3/t38-/m1/s1. The number of hydrogen-bond acceptors (Lipinski definition) is 6. The zero-order chi connectivity index (χ0) is 34.6. The fourth-order valence-corrected chi connectivity index (χ4v) is 5.92. The molecule has 0 aromatic carbocycles. The van der Waals surface area contributed by atoms with Gasteiger partial charge in [-0.15, -0.1) is 0 Å². The van der Waals surface area contributed by atoms with Gasteiger partial charge in [0.05, 0.1) is 0 Å². The van der Waals surface area contributed by atoms with Crippen LogP contribution in [0.15, 0.2) is 0 Å². The quantitative estimate of drug-likeness (QED) is 0.0376. The Bertz CT molecular complexity index is 706. The number of carbonyl (C=O) groups excluding carboxylic acids is 3. The molecular formula is C41H78O6. The summed E-state index contributed by atoms with van der Waals surface area (Å²) in [4.78, 5) is 37.3. The van der Waals surface area contributed by atoms with Crippen molar-refractivity contribution in [3.63, 3.8) is 0 Å². The highest BCUT2D eigenvalue weighted by Gasteiger charge is 2.19. The van der Waals surface area contributed by atoms with E-state index in [1.54, 1.807) is 0 Å². The van der Waals surface area contributed by atoms with E-state index in [2.05, 4.69) is 27.7 Å². The van der Waals surface area contributed by atoms with Crippen LogP contribution in [0, 0.1) is 5.92 Å². The summed E-state index contributed by atoms with van der Waals surface area (Å²) >= 11 is 0. The molecule has 0 aromatic heterocycles. The summed E-state index contributed by atoms with van der Waals surface area (Å²) in [6.45, 7) is 8.84. The van der Waals surface area contributed by atoms with Crippen LogP contribution < -0.4 is 0 Å². The molecular weight excluding hydrogens is 588 g/mol. The number of esters is 3. The van der Waals surface area contributed by atoms with E-state index in [-0.39, 0.29) is 31.1 Å². The van der Waals surface area contributed by atoms with Gasteiger partial charge in [-0.25, -0.2) is 0 Å². The number of hydrogen-bond donors (Lipinski definition) is 0. The van der Waals surface area contributed by atoms with Crippen molar-refractivity contribution < 1.29 is 28.6 Å². The Labute approximate surface area is 291 Å². The minimum Gasteiger partial charge on any atom is -0.462 e. The van der Waals surface area contributed by atoms with Crippen LogP contribution >= 0.6 is 0 Å². The number of rotatable bonds is 36. The van der Waals surface area contributed by atoms with Crippen LogP contribution in [-0.2, 0) is 28.6 Å². The maximum Gasteiger partial charge on any atom is 0.306 e. The topological polar surface area (TPSA) is 78.9 Å². The van der Waals surface area contributed by atoms with E-state index >= 15 is 0 Å². The average Bonchev–Trinajstić information content (AvgIpc) is 3.05. The average molecular weight is 667 g/mol. The molecule has 47 heavy (non-hydrogen) atoms. The monoisotopic (exact) mass is 667 g/mol. The van der Waals surface area contributed by atoms with Crippen molar-refractivity contribution in [1.82, 2.24) is 0 Å². The Kier molecular flexibility index (Phi) is 34.5. The van der Waals surface area contributed by atoms with Crippen LogP contribution in [0.4, 0.5) is 0 Å². The summed E-state index contributed by atoms with van der Waals surface area (Å²) in [6.07, 6.45) is 32.6.